The van der Waals surface area contributed by atoms with Crippen LogP contribution in [0.25, 0.3) is 0 Å². The molecule has 0 heterocycles. The van der Waals surface area contributed by atoms with Gasteiger partial charge in [0.1, 0.15) is 0 Å². The van der Waals surface area contributed by atoms with Gasteiger partial charge >= 0.3 is 103 Å². The van der Waals surface area contributed by atoms with Gasteiger partial charge in [-0.05, 0) is 6.42 Å². The number of hydrogen-bond acceptors (Lipinski definition) is 1. The molecule has 0 aliphatic rings. The van der Waals surface area contributed by atoms with E-state index in [1.165, 1.54) is 0 Å². The maximum absolute atomic E-state index is 8.07. The van der Waals surface area contributed by atoms with Crippen molar-refractivity contribution in [2.75, 3.05) is 6.61 Å². The average molecular weight is 172 g/mol. The predicted octanol–water partition coefficient (Wildman–Crippen LogP) is -1.34. The molecule has 0 saturated heterocycles. The second-order valence-corrected chi connectivity index (χ2v) is 1.08. The number of rotatable bonds is 2. The van der Waals surface area contributed by atoms with Gasteiger partial charge in [0.15, 0.2) is 0 Å². The molecule has 0 spiro atoms. The van der Waals surface area contributed by atoms with Crippen LogP contribution in [0.3, 0.4) is 0 Å². The molecule has 0 bridgehead atoms. The number of unbranched alkanes of at least 4 members (excludes halogenated alkanes) is 1. The third kappa shape index (κ3) is 22.9. The summed E-state index contributed by atoms with van der Waals surface area (Å²) in [4.78, 5) is 0. The van der Waals surface area contributed by atoms with Gasteiger partial charge in [0.05, 0.1) is 0 Å². The van der Waals surface area contributed by atoms with Crippen molar-refractivity contribution in [1.29, 1.82) is 0 Å². The van der Waals surface area contributed by atoms with Gasteiger partial charge in [-0.1, -0.05) is 13.3 Å². The van der Waals surface area contributed by atoms with Crippen molar-refractivity contribution < 1.29 is 10.6 Å². The molecule has 2 nitrogen and oxygen atoms in total. The van der Waals surface area contributed by atoms with E-state index in [9.17, 15) is 0 Å². The number of hydrogen-bond donors (Lipinski definition) is 1. The summed E-state index contributed by atoms with van der Waals surface area (Å²) in [5.41, 5.74) is 0. The van der Waals surface area contributed by atoms with Crippen LogP contribution in [0.15, 0.2) is 0 Å². The zero-order valence-electron chi connectivity index (χ0n) is 4.07. The molecule has 0 fully saturated rings. The third-order valence-electron chi connectivity index (χ3n) is 0.512. The molecule has 0 aromatic heterocycles. The van der Waals surface area contributed by atoms with Gasteiger partial charge in [-0.3, -0.25) is 0 Å². The van der Waals surface area contributed by atoms with E-state index in [1.54, 1.807) is 0 Å². The fourth-order valence-corrected chi connectivity index (χ4v) is 0.158. The molecule has 0 radical (unpaired) electrons. The van der Waals surface area contributed by atoms with Crippen LogP contribution in [-0.4, -0.2) is 120 Å². The van der Waals surface area contributed by atoms with E-state index >= 15 is 0 Å². The minimum atomic E-state index is 0. The minimum absolute atomic E-state index is 0. The van der Waals surface area contributed by atoms with Crippen molar-refractivity contribution in [3.05, 3.63) is 0 Å². The molecular formula is C4H14K2O2. The van der Waals surface area contributed by atoms with Crippen molar-refractivity contribution in [2.24, 2.45) is 0 Å². The van der Waals surface area contributed by atoms with Crippen LogP contribution in [0.2, 0.25) is 0 Å². The van der Waals surface area contributed by atoms with Crippen molar-refractivity contribution in [3.63, 3.8) is 0 Å². The molecule has 3 N–H and O–H groups in total. The molecule has 8 heavy (non-hydrogen) atoms. The quantitative estimate of drug-likeness (QED) is 0.515. The van der Waals surface area contributed by atoms with Crippen LogP contribution in [0.1, 0.15) is 19.8 Å². The first kappa shape index (κ1) is 22.5. The summed E-state index contributed by atoms with van der Waals surface area (Å²) < 4.78 is 0. The first-order chi connectivity index (χ1) is 2.41. The molecule has 0 aromatic rings. The predicted molar refractivity (Wildman–Crippen MR) is 39.9 cm³/mol. The summed E-state index contributed by atoms with van der Waals surface area (Å²) in [5.74, 6) is 0. The van der Waals surface area contributed by atoms with E-state index in [0.717, 1.165) is 12.8 Å². The Labute approximate surface area is 136 Å². The Balaban J connectivity index is -0.0000000267. The van der Waals surface area contributed by atoms with Gasteiger partial charge in [-0.25, -0.2) is 0 Å². The van der Waals surface area contributed by atoms with E-state index in [1.807, 2.05) is 0 Å². The summed E-state index contributed by atoms with van der Waals surface area (Å²) in [7, 11) is 0. The average Bonchev–Trinajstić information content (AvgIpc) is 1.41. The SMILES string of the molecule is CCCCO.O.[KH].[KH]. The van der Waals surface area contributed by atoms with Crippen LogP contribution in [0.4, 0.5) is 0 Å². The molecule has 4 heteroatoms. The Morgan fingerprint density at radius 2 is 1.62 bits per heavy atom. The Morgan fingerprint density at radius 1 is 1.25 bits per heavy atom. The molecule has 0 unspecified atom stereocenters. The van der Waals surface area contributed by atoms with Crippen LogP contribution in [0.5, 0.6) is 0 Å². The molecule has 0 saturated carbocycles. The molecular weight excluding hydrogens is 158 g/mol. The van der Waals surface area contributed by atoms with Gasteiger partial charge in [-0.15, -0.1) is 0 Å². The van der Waals surface area contributed by atoms with E-state index in [-0.39, 0.29) is 108 Å². The zero-order chi connectivity index (χ0) is 4.12. The molecule has 0 atom stereocenters. The summed E-state index contributed by atoms with van der Waals surface area (Å²) in [6.07, 6.45) is 2.04. The fraction of sp³-hybridized carbons (Fsp3) is 1.00. The molecule has 0 aliphatic heterocycles. The Morgan fingerprint density at radius 3 is 1.62 bits per heavy atom. The van der Waals surface area contributed by atoms with Gasteiger partial charge in [0.25, 0.3) is 0 Å². The van der Waals surface area contributed by atoms with Crippen LogP contribution >= 0.6 is 0 Å². The van der Waals surface area contributed by atoms with E-state index < -0.39 is 0 Å². The number of aliphatic hydroxyl groups is 1. The van der Waals surface area contributed by atoms with Crippen molar-refractivity contribution in [1.82, 2.24) is 0 Å². The van der Waals surface area contributed by atoms with E-state index in [2.05, 4.69) is 6.92 Å². The number of aliphatic hydroxyl groups excluding tert-OH is 1. The molecule has 44 valence electrons. The van der Waals surface area contributed by atoms with Crippen LogP contribution in [0, 0.1) is 0 Å². The Bertz CT molecular complexity index is 19.5. The van der Waals surface area contributed by atoms with Gasteiger partial charge in [0.2, 0.25) is 0 Å². The third-order valence-corrected chi connectivity index (χ3v) is 0.512. The van der Waals surface area contributed by atoms with Crippen molar-refractivity contribution >= 4 is 103 Å². The Kier molecular flexibility index (Phi) is 63.1. The first-order valence-electron chi connectivity index (χ1n) is 2.02. The van der Waals surface area contributed by atoms with Crippen molar-refractivity contribution in [2.45, 2.75) is 19.8 Å². The summed E-state index contributed by atoms with van der Waals surface area (Å²) in [6, 6.07) is 0. The second-order valence-electron chi connectivity index (χ2n) is 1.08. The van der Waals surface area contributed by atoms with E-state index in [0.29, 0.717) is 6.61 Å². The zero-order valence-corrected chi connectivity index (χ0v) is 4.07. The standard InChI is InChI=1S/C4H10O.2K.H2O.2H/c1-2-3-4-5;;;;;/h5H,2-4H2,1H3;;;1H2;;. The summed E-state index contributed by atoms with van der Waals surface area (Å²) >= 11 is 0. The second kappa shape index (κ2) is 22.5. The topological polar surface area (TPSA) is 51.7 Å². The summed E-state index contributed by atoms with van der Waals surface area (Å²) in [5, 5.41) is 8.07. The van der Waals surface area contributed by atoms with Crippen molar-refractivity contribution in [3.8, 4) is 0 Å². The Hall–Kier alpha value is 3.19. The monoisotopic (exact) mass is 172 g/mol. The normalized spacial score (nSPS) is 5.25. The molecule has 0 amide bonds. The molecule has 0 aromatic carbocycles. The van der Waals surface area contributed by atoms with E-state index in [4.69, 9.17) is 5.11 Å². The van der Waals surface area contributed by atoms with Gasteiger partial charge < -0.3 is 10.6 Å². The molecule has 0 aliphatic carbocycles. The first-order valence-corrected chi connectivity index (χ1v) is 2.02. The van der Waals surface area contributed by atoms with Crippen LogP contribution < -0.4 is 0 Å². The maximum atomic E-state index is 8.07. The fourth-order valence-electron chi connectivity index (χ4n) is 0.158. The molecule has 0 rings (SSSR count). The summed E-state index contributed by atoms with van der Waals surface area (Å²) in [6.45, 7) is 2.40. The van der Waals surface area contributed by atoms with Crippen LogP contribution in [-0.2, 0) is 0 Å². The van der Waals surface area contributed by atoms with Gasteiger partial charge in [0, 0.05) is 6.61 Å². The van der Waals surface area contributed by atoms with Gasteiger partial charge in [-0.2, -0.15) is 0 Å².